The van der Waals surface area contributed by atoms with E-state index < -0.39 is 0 Å². The quantitative estimate of drug-likeness (QED) is 0.395. The van der Waals surface area contributed by atoms with E-state index in [2.05, 4.69) is 69.3 Å². The number of nitrogens with one attached hydrogen (secondary N) is 1. The molecule has 0 amide bonds. The van der Waals surface area contributed by atoms with Crippen molar-refractivity contribution in [1.82, 2.24) is 20.0 Å². The van der Waals surface area contributed by atoms with Gasteiger partial charge >= 0.3 is 0 Å². The van der Waals surface area contributed by atoms with Gasteiger partial charge in [0, 0.05) is 65.3 Å². The number of halogens is 1. The summed E-state index contributed by atoms with van der Waals surface area (Å²) < 4.78 is 0. The predicted octanol–water partition coefficient (Wildman–Crippen LogP) is 2.55. The molecule has 2 aliphatic rings. The van der Waals surface area contributed by atoms with Crippen molar-refractivity contribution in [3.8, 4) is 0 Å². The van der Waals surface area contributed by atoms with E-state index in [1.165, 1.54) is 44.7 Å². The summed E-state index contributed by atoms with van der Waals surface area (Å²) in [6.45, 7) is 11.4. The highest BCUT2D eigenvalue weighted by atomic mass is 127. The number of piperazine rings is 1. The fraction of sp³-hybridized carbons (Fsp3) is 0.667. The van der Waals surface area contributed by atoms with Gasteiger partial charge in [0.05, 0.1) is 0 Å². The van der Waals surface area contributed by atoms with Gasteiger partial charge in [-0.1, -0.05) is 37.3 Å². The maximum atomic E-state index is 4.54. The van der Waals surface area contributed by atoms with Crippen molar-refractivity contribution in [3.63, 3.8) is 0 Å². The lowest BCUT2D eigenvalue weighted by Crippen LogP contribution is -2.48. The van der Waals surface area contributed by atoms with Crippen LogP contribution in [0.15, 0.2) is 35.3 Å². The Morgan fingerprint density at radius 3 is 2.52 bits per heavy atom. The zero-order valence-electron chi connectivity index (χ0n) is 17.1. The van der Waals surface area contributed by atoms with Gasteiger partial charge in [-0.25, -0.2) is 0 Å². The average molecular weight is 485 g/mol. The minimum absolute atomic E-state index is 0. The van der Waals surface area contributed by atoms with E-state index in [0.717, 1.165) is 25.6 Å². The molecule has 2 heterocycles. The first-order valence-corrected chi connectivity index (χ1v) is 10.1. The summed E-state index contributed by atoms with van der Waals surface area (Å²) >= 11 is 0. The number of nitrogens with zero attached hydrogens (tertiary/aromatic N) is 4. The highest BCUT2D eigenvalue weighted by molar-refractivity contribution is 14.0. The van der Waals surface area contributed by atoms with Gasteiger partial charge in [0.2, 0.25) is 0 Å². The molecule has 1 N–H and O–H groups in total. The Labute approximate surface area is 182 Å². The van der Waals surface area contributed by atoms with Crippen LogP contribution in [-0.4, -0.2) is 87.1 Å². The summed E-state index contributed by atoms with van der Waals surface area (Å²) in [5.41, 5.74) is 1.45. The molecular formula is C21H36IN5. The van der Waals surface area contributed by atoms with Gasteiger partial charge in [-0.2, -0.15) is 0 Å². The molecule has 1 aromatic carbocycles. The summed E-state index contributed by atoms with van der Waals surface area (Å²) in [5, 5.41) is 3.62. The van der Waals surface area contributed by atoms with Gasteiger partial charge in [0.1, 0.15) is 0 Å². The molecule has 0 saturated carbocycles. The summed E-state index contributed by atoms with van der Waals surface area (Å²) in [5.74, 6) is 2.31. The molecule has 5 nitrogen and oxygen atoms in total. The van der Waals surface area contributed by atoms with Crippen LogP contribution in [0.3, 0.4) is 0 Å². The number of guanidine groups is 1. The third-order valence-electron chi connectivity index (χ3n) is 5.74. The molecular weight excluding hydrogens is 449 g/mol. The van der Waals surface area contributed by atoms with Gasteiger partial charge in [-0.15, -0.1) is 24.0 Å². The van der Waals surface area contributed by atoms with Crippen LogP contribution >= 0.6 is 24.0 Å². The number of hydrogen-bond acceptors (Lipinski definition) is 3. The van der Waals surface area contributed by atoms with Gasteiger partial charge in [-0.3, -0.25) is 4.99 Å². The third-order valence-corrected chi connectivity index (χ3v) is 5.74. The van der Waals surface area contributed by atoms with Crippen LogP contribution in [-0.2, 0) is 0 Å². The number of aliphatic imine (C=N–C) groups is 1. The van der Waals surface area contributed by atoms with Crippen molar-refractivity contribution in [1.29, 1.82) is 0 Å². The largest absolute Gasteiger partial charge is 0.356 e. The normalized spacial score (nSPS) is 23.1. The molecule has 6 heteroatoms. The van der Waals surface area contributed by atoms with E-state index in [1.807, 2.05) is 7.05 Å². The smallest absolute Gasteiger partial charge is 0.193 e. The molecule has 2 saturated heterocycles. The van der Waals surface area contributed by atoms with Gasteiger partial charge in [0.25, 0.3) is 0 Å². The number of rotatable bonds is 5. The number of benzene rings is 1. The zero-order valence-corrected chi connectivity index (χ0v) is 19.4. The third kappa shape index (κ3) is 6.61. The molecule has 2 unspecified atom stereocenters. The Kier molecular flexibility index (Phi) is 9.32. The Morgan fingerprint density at radius 2 is 1.85 bits per heavy atom. The van der Waals surface area contributed by atoms with Crippen molar-refractivity contribution in [2.24, 2.45) is 10.9 Å². The van der Waals surface area contributed by atoms with E-state index in [0.29, 0.717) is 11.8 Å². The molecule has 2 fully saturated rings. The van der Waals surface area contributed by atoms with Crippen LogP contribution in [0.5, 0.6) is 0 Å². The van der Waals surface area contributed by atoms with Crippen molar-refractivity contribution in [2.75, 3.05) is 66.5 Å². The van der Waals surface area contributed by atoms with E-state index in [-0.39, 0.29) is 24.0 Å². The van der Waals surface area contributed by atoms with Crippen LogP contribution in [0.2, 0.25) is 0 Å². The second-order valence-corrected chi connectivity index (χ2v) is 7.98. The molecule has 1 aromatic rings. The van der Waals surface area contributed by atoms with Crippen LogP contribution in [0.4, 0.5) is 0 Å². The lowest BCUT2D eigenvalue weighted by molar-refractivity contribution is 0.139. The zero-order chi connectivity index (χ0) is 18.4. The summed E-state index contributed by atoms with van der Waals surface area (Å²) in [6.07, 6.45) is 1.21. The molecule has 27 heavy (non-hydrogen) atoms. The lowest BCUT2D eigenvalue weighted by atomic mass is 9.99. The van der Waals surface area contributed by atoms with Crippen molar-refractivity contribution in [2.45, 2.75) is 19.3 Å². The minimum atomic E-state index is 0. The Balaban J connectivity index is 0.00000261. The maximum absolute atomic E-state index is 4.54. The van der Waals surface area contributed by atoms with Crippen molar-refractivity contribution < 1.29 is 0 Å². The van der Waals surface area contributed by atoms with Crippen LogP contribution in [0.25, 0.3) is 0 Å². The summed E-state index contributed by atoms with van der Waals surface area (Å²) in [6, 6.07) is 10.9. The molecule has 0 bridgehead atoms. The first-order valence-electron chi connectivity index (χ1n) is 10.1. The molecule has 3 rings (SSSR count). The lowest BCUT2D eigenvalue weighted by Gasteiger charge is -2.34. The number of likely N-dealkylation sites (N-methyl/N-ethyl adjacent to an activating group) is 1. The van der Waals surface area contributed by atoms with E-state index >= 15 is 0 Å². The molecule has 2 atom stereocenters. The first kappa shape index (κ1) is 22.4. The summed E-state index contributed by atoms with van der Waals surface area (Å²) in [4.78, 5) is 12.0. The summed E-state index contributed by atoms with van der Waals surface area (Å²) in [7, 11) is 4.12. The molecule has 0 spiro atoms. The SMILES string of the molecule is CN=C(NCC(C)CN1CCN(C)CC1)N1CCC(c2ccccc2)C1.I. The average Bonchev–Trinajstić information content (AvgIpc) is 3.15. The number of likely N-dealkylation sites (tertiary alicyclic amines) is 1. The monoisotopic (exact) mass is 485 g/mol. The van der Waals surface area contributed by atoms with Gasteiger partial charge < -0.3 is 20.0 Å². The maximum Gasteiger partial charge on any atom is 0.193 e. The second kappa shape index (κ2) is 11.2. The molecule has 0 radical (unpaired) electrons. The van der Waals surface area contributed by atoms with Gasteiger partial charge in [0.15, 0.2) is 5.96 Å². The van der Waals surface area contributed by atoms with Crippen LogP contribution < -0.4 is 5.32 Å². The topological polar surface area (TPSA) is 34.1 Å². The number of hydrogen-bond donors (Lipinski definition) is 1. The molecule has 0 aromatic heterocycles. The van der Waals surface area contributed by atoms with Crippen LogP contribution in [0.1, 0.15) is 24.8 Å². The first-order chi connectivity index (χ1) is 12.7. The minimum Gasteiger partial charge on any atom is -0.356 e. The fourth-order valence-electron chi connectivity index (χ4n) is 4.08. The van der Waals surface area contributed by atoms with E-state index in [1.54, 1.807) is 0 Å². The van der Waals surface area contributed by atoms with Gasteiger partial charge in [-0.05, 0) is 24.9 Å². The molecule has 152 valence electrons. The standard InChI is InChI=1S/C21H35N5.HI/c1-18(16-25-13-11-24(3)12-14-25)15-23-21(22-2)26-10-9-20(17-26)19-7-5-4-6-8-19;/h4-8,18,20H,9-17H2,1-3H3,(H,22,23);1H. The predicted molar refractivity (Wildman–Crippen MR) is 125 cm³/mol. The molecule has 2 aliphatic heterocycles. The Morgan fingerprint density at radius 1 is 1.15 bits per heavy atom. The highest BCUT2D eigenvalue weighted by Crippen LogP contribution is 2.26. The fourth-order valence-corrected chi connectivity index (χ4v) is 4.08. The van der Waals surface area contributed by atoms with Crippen molar-refractivity contribution >= 4 is 29.9 Å². The van der Waals surface area contributed by atoms with Crippen molar-refractivity contribution in [3.05, 3.63) is 35.9 Å². The second-order valence-electron chi connectivity index (χ2n) is 7.98. The highest BCUT2D eigenvalue weighted by Gasteiger charge is 2.26. The van der Waals surface area contributed by atoms with E-state index in [4.69, 9.17) is 0 Å². The Hall–Kier alpha value is -0.860. The van der Waals surface area contributed by atoms with Crippen LogP contribution in [0, 0.1) is 5.92 Å². The van der Waals surface area contributed by atoms with E-state index in [9.17, 15) is 0 Å². The molecule has 0 aliphatic carbocycles. The Bertz CT molecular complexity index is 571.